The third kappa shape index (κ3) is 2.47. The second-order valence-corrected chi connectivity index (χ2v) is 8.79. The second kappa shape index (κ2) is 6.26. The molecule has 0 saturated heterocycles. The number of carboxylic acid groups (broad SMARTS) is 1. The van der Waals surface area contributed by atoms with Gasteiger partial charge in [-0.1, -0.05) is 25.1 Å². The van der Waals surface area contributed by atoms with Crippen LogP contribution < -0.4 is 0 Å². The predicted molar refractivity (Wildman–Crippen MR) is 106 cm³/mol. The molecule has 0 amide bonds. The Morgan fingerprint density at radius 2 is 2.18 bits per heavy atom. The van der Waals surface area contributed by atoms with Crippen LogP contribution in [-0.2, 0) is 6.42 Å². The minimum atomic E-state index is -0.918. The van der Waals surface area contributed by atoms with Gasteiger partial charge in [0.1, 0.15) is 6.17 Å². The maximum absolute atomic E-state index is 15.7. The highest BCUT2D eigenvalue weighted by atomic mass is 19.1. The second-order valence-electron chi connectivity index (χ2n) is 8.79. The third-order valence-electron chi connectivity index (χ3n) is 7.46. The first kappa shape index (κ1) is 17.6. The smallest absolute Gasteiger partial charge is 0.335 e. The maximum Gasteiger partial charge on any atom is 0.335 e. The summed E-state index contributed by atoms with van der Waals surface area (Å²) < 4.78 is 15.7. The molecule has 1 saturated carbocycles. The van der Waals surface area contributed by atoms with Crippen LogP contribution in [0.25, 0.3) is 5.57 Å². The number of hydrogen-bond acceptors (Lipinski definition) is 2. The fourth-order valence-corrected chi connectivity index (χ4v) is 6.28. The van der Waals surface area contributed by atoms with Crippen LogP contribution in [0.3, 0.4) is 0 Å². The average molecular weight is 377 g/mol. The molecule has 2 aromatic rings. The topological polar surface area (TPSA) is 50.2 Å². The fourth-order valence-electron chi connectivity index (χ4n) is 6.28. The number of pyridine rings is 1. The van der Waals surface area contributed by atoms with Gasteiger partial charge in [0.25, 0.3) is 0 Å². The van der Waals surface area contributed by atoms with Crippen molar-refractivity contribution in [1.29, 1.82) is 0 Å². The predicted octanol–water partition coefficient (Wildman–Crippen LogP) is 5.28. The Morgan fingerprint density at radius 3 is 2.93 bits per heavy atom. The van der Waals surface area contributed by atoms with Crippen molar-refractivity contribution in [3.05, 3.63) is 71.1 Å². The van der Waals surface area contributed by atoms with Crippen LogP contribution in [0.4, 0.5) is 4.39 Å². The molecule has 1 aromatic heterocycles. The number of aryl methyl sites for hydroxylation is 1. The molecule has 1 heterocycles. The highest BCUT2D eigenvalue weighted by Gasteiger charge is 2.55. The first-order chi connectivity index (χ1) is 13.5. The lowest BCUT2D eigenvalue weighted by Crippen LogP contribution is -2.46. The molecule has 1 N–H and O–H groups in total. The van der Waals surface area contributed by atoms with Crippen molar-refractivity contribution in [2.75, 3.05) is 0 Å². The number of fused-ring (bicyclic) bond motifs is 5. The van der Waals surface area contributed by atoms with Crippen LogP contribution in [0.2, 0.25) is 0 Å². The van der Waals surface area contributed by atoms with Gasteiger partial charge < -0.3 is 5.11 Å². The molecule has 144 valence electrons. The Kier molecular flexibility index (Phi) is 3.94. The molecule has 3 aliphatic rings. The highest BCUT2D eigenvalue weighted by Crippen LogP contribution is 2.63. The molecule has 3 nitrogen and oxygen atoms in total. The maximum atomic E-state index is 15.7. The molecule has 0 aliphatic heterocycles. The summed E-state index contributed by atoms with van der Waals surface area (Å²) in [5.74, 6) is -0.320. The van der Waals surface area contributed by atoms with Gasteiger partial charge in [-0.25, -0.2) is 9.18 Å². The number of carbonyl (C=O) groups is 1. The lowest BCUT2D eigenvalue weighted by Gasteiger charge is -2.51. The van der Waals surface area contributed by atoms with E-state index >= 15 is 4.39 Å². The first-order valence-electron chi connectivity index (χ1n) is 10.1. The normalized spacial score (nSPS) is 33.4. The molecule has 28 heavy (non-hydrogen) atoms. The number of benzene rings is 1. The largest absolute Gasteiger partial charge is 0.478 e. The summed E-state index contributed by atoms with van der Waals surface area (Å²) >= 11 is 0. The Balaban J connectivity index is 1.51. The van der Waals surface area contributed by atoms with Crippen molar-refractivity contribution in [2.24, 2.45) is 17.3 Å². The Morgan fingerprint density at radius 1 is 1.32 bits per heavy atom. The number of carboxylic acids is 1. The molecule has 0 unspecified atom stereocenters. The van der Waals surface area contributed by atoms with Gasteiger partial charge in [0.15, 0.2) is 0 Å². The van der Waals surface area contributed by atoms with Gasteiger partial charge in [-0.05, 0) is 83.4 Å². The van der Waals surface area contributed by atoms with Crippen LogP contribution in [0.5, 0.6) is 0 Å². The van der Waals surface area contributed by atoms with Crippen LogP contribution in [-0.4, -0.2) is 22.2 Å². The minimum absolute atomic E-state index is 0.119. The molecule has 0 bridgehead atoms. The van der Waals surface area contributed by atoms with Crippen molar-refractivity contribution >= 4 is 11.5 Å². The van der Waals surface area contributed by atoms with E-state index in [1.54, 1.807) is 18.3 Å². The SMILES string of the molecule is C[C@]12C[C@H](F)[C@@H]3c4ccc(C(=O)O)cc4CC[C@H]3[C@@H]1CC=C2c1cccnc1. The Hall–Kier alpha value is -2.49. The Bertz CT molecular complexity index is 970. The zero-order valence-electron chi connectivity index (χ0n) is 15.9. The van der Waals surface area contributed by atoms with Crippen molar-refractivity contribution < 1.29 is 14.3 Å². The van der Waals surface area contributed by atoms with Gasteiger partial charge >= 0.3 is 5.97 Å². The Labute approximate surface area is 164 Å². The average Bonchev–Trinajstić information content (AvgIpc) is 3.04. The van der Waals surface area contributed by atoms with E-state index in [2.05, 4.69) is 24.1 Å². The zero-order valence-corrected chi connectivity index (χ0v) is 15.9. The number of halogens is 1. The summed E-state index contributed by atoms with van der Waals surface area (Å²) in [6, 6.07) is 9.29. The summed E-state index contributed by atoms with van der Waals surface area (Å²) in [5, 5.41) is 9.28. The van der Waals surface area contributed by atoms with E-state index in [-0.39, 0.29) is 11.3 Å². The monoisotopic (exact) mass is 377 g/mol. The molecule has 1 aromatic carbocycles. The van der Waals surface area contributed by atoms with Crippen molar-refractivity contribution in [3.8, 4) is 0 Å². The van der Waals surface area contributed by atoms with Gasteiger partial charge in [0.05, 0.1) is 5.56 Å². The van der Waals surface area contributed by atoms with Gasteiger partial charge in [-0.3, -0.25) is 4.98 Å². The van der Waals surface area contributed by atoms with Crippen LogP contribution in [0, 0.1) is 17.3 Å². The van der Waals surface area contributed by atoms with Gasteiger partial charge in [0.2, 0.25) is 0 Å². The fraction of sp³-hybridized carbons (Fsp3) is 0.417. The lowest BCUT2D eigenvalue weighted by molar-refractivity contribution is 0.0237. The standard InChI is InChI=1S/C24H24FNO2/c1-24-12-21(25)22-17-6-5-15(23(27)28)11-14(17)4-7-18(22)20(24)9-8-19(24)16-3-2-10-26-13-16/h2-3,5-6,8,10-11,13,18,20-22H,4,7,9,12H2,1H3,(H,27,28)/t18-,20-,21-,22+,24+/m0/s1. The van der Waals surface area contributed by atoms with Crippen LogP contribution in [0.1, 0.15) is 59.2 Å². The molecule has 4 heteroatoms. The molecular formula is C24H24FNO2. The molecule has 5 atom stereocenters. The number of hydrogen-bond donors (Lipinski definition) is 1. The molecule has 1 fully saturated rings. The summed E-state index contributed by atoms with van der Waals surface area (Å²) in [6.07, 6.45) is 8.31. The van der Waals surface area contributed by atoms with E-state index in [4.69, 9.17) is 0 Å². The van der Waals surface area contributed by atoms with E-state index in [1.807, 2.05) is 18.3 Å². The van der Waals surface area contributed by atoms with E-state index < -0.39 is 12.1 Å². The number of aromatic carboxylic acids is 1. The molecular weight excluding hydrogens is 353 g/mol. The van der Waals surface area contributed by atoms with Crippen molar-refractivity contribution in [2.45, 2.75) is 44.7 Å². The van der Waals surface area contributed by atoms with E-state index in [9.17, 15) is 9.90 Å². The molecule has 5 rings (SSSR count). The van der Waals surface area contributed by atoms with Gasteiger partial charge in [-0.2, -0.15) is 0 Å². The summed E-state index contributed by atoms with van der Waals surface area (Å²) in [5.41, 5.74) is 4.55. The third-order valence-corrected chi connectivity index (χ3v) is 7.46. The van der Waals surface area contributed by atoms with Crippen molar-refractivity contribution in [1.82, 2.24) is 4.98 Å². The lowest BCUT2D eigenvalue weighted by atomic mass is 9.53. The minimum Gasteiger partial charge on any atom is -0.478 e. The van der Waals surface area contributed by atoms with Crippen molar-refractivity contribution in [3.63, 3.8) is 0 Å². The number of aromatic nitrogens is 1. The number of rotatable bonds is 2. The molecule has 0 radical (unpaired) electrons. The summed E-state index contributed by atoms with van der Waals surface area (Å²) in [7, 11) is 0. The van der Waals surface area contributed by atoms with Gasteiger partial charge in [0, 0.05) is 18.3 Å². The number of nitrogens with zero attached hydrogens (tertiary/aromatic N) is 1. The highest BCUT2D eigenvalue weighted by molar-refractivity contribution is 5.88. The van der Waals surface area contributed by atoms with E-state index in [1.165, 1.54) is 5.57 Å². The zero-order chi connectivity index (χ0) is 19.5. The number of alkyl halides is 1. The van der Waals surface area contributed by atoms with E-state index in [0.29, 0.717) is 23.8 Å². The molecule has 3 aliphatic carbocycles. The summed E-state index contributed by atoms with van der Waals surface area (Å²) in [4.78, 5) is 15.6. The first-order valence-corrected chi connectivity index (χ1v) is 10.1. The number of allylic oxidation sites excluding steroid dienone is 2. The quantitative estimate of drug-likeness (QED) is 0.775. The summed E-state index contributed by atoms with van der Waals surface area (Å²) in [6.45, 7) is 2.23. The van der Waals surface area contributed by atoms with Gasteiger partial charge in [-0.15, -0.1) is 0 Å². The van der Waals surface area contributed by atoms with Crippen LogP contribution >= 0.6 is 0 Å². The van der Waals surface area contributed by atoms with Crippen LogP contribution in [0.15, 0.2) is 48.8 Å². The molecule has 0 spiro atoms. The van der Waals surface area contributed by atoms with E-state index in [0.717, 1.165) is 36.0 Å².